The van der Waals surface area contributed by atoms with Gasteiger partial charge < -0.3 is 24.4 Å². The second-order valence-corrected chi connectivity index (χ2v) is 8.48. The molecule has 0 saturated carbocycles. The van der Waals surface area contributed by atoms with Crippen molar-refractivity contribution in [2.45, 2.75) is 39.2 Å². The second kappa shape index (κ2) is 11.0. The number of rotatable bonds is 8. The lowest BCUT2D eigenvalue weighted by molar-refractivity contribution is 0.0600. The number of carbonyl (C=O) groups is 3. The highest BCUT2D eigenvalue weighted by molar-refractivity contribution is 7.17. The third kappa shape index (κ3) is 5.40. The summed E-state index contributed by atoms with van der Waals surface area (Å²) in [6, 6.07) is 6.96. The molecule has 32 heavy (non-hydrogen) atoms. The molecule has 1 aromatic carbocycles. The van der Waals surface area contributed by atoms with Gasteiger partial charge in [0, 0.05) is 17.0 Å². The molecule has 0 atom stereocenters. The van der Waals surface area contributed by atoms with Crippen molar-refractivity contribution in [3.63, 3.8) is 0 Å². The van der Waals surface area contributed by atoms with E-state index in [-0.39, 0.29) is 5.91 Å². The number of nitrogens with one attached hydrogen (secondary N) is 1. The Balaban J connectivity index is 1.80. The van der Waals surface area contributed by atoms with Gasteiger partial charge in [-0.3, -0.25) is 4.79 Å². The highest BCUT2D eigenvalue weighted by Gasteiger charge is 2.31. The molecule has 1 N–H and O–H groups in total. The number of nitrogens with zero attached hydrogens (tertiary/aromatic N) is 1. The van der Waals surface area contributed by atoms with Crippen molar-refractivity contribution in [3.8, 4) is 5.75 Å². The third-order valence-corrected chi connectivity index (χ3v) is 6.35. The first-order valence-corrected chi connectivity index (χ1v) is 11.4. The number of anilines is 1. The molecule has 0 fully saturated rings. The minimum absolute atomic E-state index is 0.313. The third-order valence-electron chi connectivity index (χ3n) is 5.22. The Morgan fingerprint density at radius 3 is 2.69 bits per heavy atom. The lowest BCUT2D eigenvalue weighted by atomic mass is 10.0. The molecule has 0 bridgehead atoms. The average molecular weight is 461 g/mol. The molecule has 172 valence electrons. The zero-order valence-electron chi connectivity index (χ0n) is 18.6. The summed E-state index contributed by atoms with van der Waals surface area (Å²) in [6.07, 6.45) is 3.20. The van der Waals surface area contributed by atoms with Crippen LogP contribution in [-0.2, 0) is 22.4 Å². The predicted molar refractivity (Wildman–Crippen MR) is 122 cm³/mol. The minimum Gasteiger partial charge on any atom is -0.494 e. The number of carbonyl (C=O) groups excluding carboxylic acids is 3. The Hall–Kier alpha value is -3.07. The first-order chi connectivity index (χ1) is 15.5. The quantitative estimate of drug-likeness (QED) is 0.461. The van der Waals surface area contributed by atoms with E-state index in [2.05, 4.69) is 12.2 Å². The summed E-state index contributed by atoms with van der Waals surface area (Å²) in [4.78, 5) is 39.7. The molecule has 8 nitrogen and oxygen atoms in total. The number of thiophene rings is 1. The van der Waals surface area contributed by atoms with Crippen molar-refractivity contribution in [2.24, 2.45) is 0 Å². The summed E-state index contributed by atoms with van der Waals surface area (Å²) >= 11 is 1.27. The number of ether oxygens (including phenoxy) is 3. The predicted octanol–water partition coefficient (Wildman–Crippen LogP) is 4.48. The molecular formula is C23H28N2O6S. The van der Waals surface area contributed by atoms with Crippen LogP contribution in [0.5, 0.6) is 5.75 Å². The number of amides is 2. The largest absolute Gasteiger partial charge is 0.494 e. The summed E-state index contributed by atoms with van der Waals surface area (Å²) in [5.41, 5.74) is 1.57. The summed E-state index contributed by atoms with van der Waals surface area (Å²) in [5.74, 6) is -0.240. The molecule has 0 unspecified atom stereocenters. The lowest BCUT2D eigenvalue weighted by Crippen LogP contribution is -2.35. The van der Waals surface area contributed by atoms with Gasteiger partial charge in [-0.05, 0) is 36.6 Å². The van der Waals surface area contributed by atoms with Gasteiger partial charge in [-0.25, -0.2) is 9.59 Å². The fourth-order valence-corrected chi connectivity index (χ4v) is 4.79. The first kappa shape index (κ1) is 23.6. The topological polar surface area (TPSA) is 94.2 Å². The Morgan fingerprint density at radius 2 is 1.97 bits per heavy atom. The highest BCUT2D eigenvalue weighted by Crippen LogP contribution is 2.38. The molecule has 0 spiro atoms. The number of fused-ring (bicyclic) bond motifs is 1. The average Bonchev–Trinajstić information content (AvgIpc) is 3.17. The van der Waals surface area contributed by atoms with Crippen LogP contribution in [0.25, 0.3) is 0 Å². The maximum absolute atomic E-state index is 12.9. The molecule has 1 aromatic heterocycles. The SMILES string of the molecule is CCCCCOc1cccc(C(=O)Nc2sc3c(c2C(=O)OC)CCN(C(=O)OC)C3)c1. The normalized spacial score (nSPS) is 12.7. The van der Waals surface area contributed by atoms with Crippen LogP contribution < -0.4 is 10.1 Å². The summed E-state index contributed by atoms with van der Waals surface area (Å²) < 4.78 is 15.5. The zero-order chi connectivity index (χ0) is 23.1. The van der Waals surface area contributed by atoms with E-state index >= 15 is 0 Å². The fraction of sp³-hybridized carbons (Fsp3) is 0.435. The number of hydrogen-bond donors (Lipinski definition) is 1. The van der Waals surface area contributed by atoms with E-state index in [1.165, 1.54) is 25.6 Å². The molecule has 2 amide bonds. The molecule has 1 aliphatic rings. The zero-order valence-corrected chi connectivity index (χ0v) is 19.4. The van der Waals surface area contributed by atoms with Crippen LogP contribution in [-0.4, -0.2) is 50.2 Å². The van der Waals surface area contributed by atoms with E-state index in [9.17, 15) is 14.4 Å². The van der Waals surface area contributed by atoms with Crippen LogP contribution in [0.3, 0.4) is 0 Å². The number of benzene rings is 1. The van der Waals surface area contributed by atoms with E-state index in [0.717, 1.165) is 29.7 Å². The molecule has 3 rings (SSSR count). The van der Waals surface area contributed by atoms with E-state index in [1.54, 1.807) is 23.1 Å². The van der Waals surface area contributed by atoms with Gasteiger partial charge in [-0.15, -0.1) is 11.3 Å². The van der Waals surface area contributed by atoms with Gasteiger partial charge in [0.25, 0.3) is 5.91 Å². The highest BCUT2D eigenvalue weighted by atomic mass is 32.1. The Kier molecular flexibility index (Phi) is 8.10. The standard InChI is InChI=1S/C23H28N2O6S/c1-4-5-6-12-31-16-9-7-8-15(13-16)20(26)24-21-19(22(27)29-2)17-10-11-25(23(28)30-3)14-18(17)32-21/h7-9,13H,4-6,10-12,14H2,1-3H3,(H,24,26). The second-order valence-electron chi connectivity index (χ2n) is 7.38. The number of esters is 1. The van der Waals surface area contributed by atoms with Crippen LogP contribution in [0.15, 0.2) is 24.3 Å². The number of hydrogen-bond acceptors (Lipinski definition) is 7. The van der Waals surface area contributed by atoms with Crippen LogP contribution in [0.1, 0.15) is 57.3 Å². The molecule has 0 radical (unpaired) electrons. The minimum atomic E-state index is -0.516. The van der Waals surface area contributed by atoms with E-state index < -0.39 is 12.1 Å². The van der Waals surface area contributed by atoms with Crippen molar-refractivity contribution in [2.75, 3.05) is 32.7 Å². The van der Waals surface area contributed by atoms with Crippen LogP contribution >= 0.6 is 11.3 Å². The van der Waals surface area contributed by atoms with Crippen molar-refractivity contribution in [1.82, 2.24) is 4.90 Å². The summed E-state index contributed by atoms with van der Waals surface area (Å²) in [5, 5.41) is 3.26. The summed E-state index contributed by atoms with van der Waals surface area (Å²) in [7, 11) is 2.64. The van der Waals surface area contributed by atoms with Gasteiger partial charge >= 0.3 is 12.1 Å². The van der Waals surface area contributed by atoms with E-state index in [0.29, 0.717) is 48.0 Å². The van der Waals surface area contributed by atoms with Gasteiger partial charge in [0.2, 0.25) is 0 Å². The Labute approximate surface area is 191 Å². The van der Waals surface area contributed by atoms with Crippen molar-refractivity contribution in [1.29, 1.82) is 0 Å². The van der Waals surface area contributed by atoms with Gasteiger partial charge in [0.15, 0.2) is 0 Å². The smallest absolute Gasteiger partial charge is 0.409 e. The maximum Gasteiger partial charge on any atom is 0.409 e. The number of unbranched alkanes of at least 4 members (excludes halogenated alkanes) is 2. The van der Waals surface area contributed by atoms with Crippen molar-refractivity contribution in [3.05, 3.63) is 45.8 Å². The van der Waals surface area contributed by atoms with Gasteiger partial charge in [0.05, 0.1) is 32.9 Å². The summed E-state index contributed by atoms with van der Waals surface area (Å²) in [6.45, 7) is 3.46. The molecule has 9 heteroatoms. The van der Waals surface area contributed by atoms with Crippen LogP contribution in [0.2, 0.25) is 0 Å². The van der Waals surface area contributed by atoms with Crippen molar-refractivity contribution >= 4 is 34.3 Å². The first-order valence-electron chi connectivity index (χ1n) is 10.6. The van der Waals surface area contributed by atoms with Gasteiger partial charge in [-0.2, -0.15) is 0 Å². The van der Waals surface area contributed by atoms with Crippen LogP contribution in [0.4, 0.5) is 9.80 Å². The molecular weight excluding hydrogens is 432 g/mol. The molecule has 0 aliphatic carbocycles. The number of methoxy groups -OCH3 is 2. The van der Waals surface area contributed by atoms with Gasteiger partial charge in [-0.1, -0.05) is 25.8 Å². The van der Waals surface area contributed by atoms with E-state index in [4.69, 9.17) is 14.2 Å². The van der Waals surface area contributed by atoms with Gasteiger partial charge in [0.1, 0.15) is 10.8 Å². The Morgan fingerprint density at radius 1 is 1.16 bits per heavy atom. The van der Waals surface area contributed by atoms with E-state index in [1.807, 2.05) is 6.07 Å². The molecule has 1 aliphatic heterocycles. The molecule has 0 saturated heterocycles. The fourth-order valence-electron chi connectivity index (χ4n) is 3.54. The Bertz CT molecular complexity index is 987. The van der Waals surface area contributed by atoms with Crippen LogP contribution in [0, 0.1) is 0 Å². The lowest BCUT2D eigenvalue weighted by Gasteiger charge is -2.25. The molecule has 2 aromatic rings. The monoisotopic (exact) mass is 460 g/mol. The van der Waals surface area contributed by atoms with Crippen molar-refractivity contribution < 1.29 is 28.6 Å². The maximum atomic E-state index is 12.9. The molecule has 2 heterocycles.